The molecule has 0 radical (unpaired) electrons. The number of hydrogen-bond donors (Lipinski definition) is 2. The Kier molecular flexibility index (Phi) is 6.45. The van der Waals surface area contributed by atoms with Gasteiger partial charge in [0.1, 0.15) is 5.75 Å². The standard InChI is InChI=1S/C18H18F2N2O3/c1-2-12-5-3-4-6-15(12)22-16(23)11-21-17(24)13-7-9-14(10-8-13)25-18(19)20/h3-10,18H,2,11H2,1H3,(H,21,24)(H,22,23). The first-order chi connectivity index (χ1) is 12.0. The third-order valence-corrected chi connectivity index (χ3v) is 3.42. The zero-order chi connectivity index (χ0) is 18.2. The Morgan fingerprint density at radius 1 is 1.08 bits per heavy atom. The van der Waals surface area contributed by atoms with Gasteiger partial charge in [-0.05, 0) is 42.3 Å². The molecule has 132 valence electrons. The lowest BCUT2D eigenvalue weighted by Gasteiger charge is -2.10. The minimum Gasteiger partial charge on any atom is -0.435 e. The minimum absolute atomic E-state index is 0.0412. The van der Waals surface area contributed by atoms with Gasteiger partial charge in [-0.2, -0.15) is 8.78 Å². The number of benzene rings is 2. The molecule has 0 aliphatic heterocycles. The van der Waals surface area contributed by atoms with Crippen molar-refractivity contribution in [2.45, 2.75) is 20.0 Å². The average Bonchev–Trinajstić information content (AvgIpc) is 2.60. The Bertz CT molecular complexity index is 733. The molecule has 0 heterocycles. The molecule has 2 aromatic rings. The molecule has 0 aliphatic carbocycles. The number of carbonyl (C=O) groups excluding carboxylic acids is 2. The molecular formula is C18H18F2N2O3. The molecule has 0 bridgehead atoms. The van der Waals surface area contributed by atoms with Crippen LogP contribution in [0.1, 0.15) is 22.8 Å². The van der Waals surface area contributed by atoms with E-state index < -0.39 is 12.5 Å². The van der Waals surface area contributed by atoms with Crippen molar-refractivity contribution in [3.05, 3.63) is 59.7 Å². The van der Waals surface area contributed by atoms with E-state index in [4.69, 9.17) is 0 Å². The van der Waals surface area contributed by atoms with Crippen molar-refractivity contribution in [2.24, 2.45) is 0 Å². The molecule has 25 heavy (non-hydrogen) atoms. The molecule has 0 fully saturated rings. The van der Waals surface area contributed by atoms with Gasteiger partial charge in [0.15, 0.2) is 0 Å². The average molecular weight is 348 g/mol. The van der Waals surface area contributed by atoms with Gasteiger partial charge in [-0.3, -0.25) is 9.59 Å². The van der Waals surface area contributed by atoms with Crippen LogP contribution in [0.5, 0.6) is 5.75 Å². The van der Waals surface area contributed by atoms with Gasteiger partial charge in [0.25, 0.3) is 5.91 Å². The number of rotatable bonds is 7. The van der Waals surface area contributed by atoms with Gasteiger partial charge in [0.2, 0.25) is 5.91 Å². The molecule has 0 aliphatic rings. The highest BCUT2D eigenvalue weighted by Crippen LogP contribution is 2.16. The first kappa shape index (κ1) is 18.4. The minimum atomic E-state index is -2.92. The van der Waals surface area contributed by atoms with Crippen molar-refractivity contribution in [3.8, 4) is 5.75 Å². The highest BCUT2D eigenvalue weighted by molar-refractivity contribution is 5.99. The summed E-state index contributed by atoms with van der Waals surface area (Å²) in [6.45, 7) is -1.14. The second-order valence-corrected chi connectivity index (χ2v) is 5.14. The molecule has 2 aromatic carbocycles. The number of carbonyl (C=O) groups is 2. The monoisotopic (exact) mass is 348 g/mol. The van der Waals surface area contributed by atoms with E-state index in [0.29, 0.717) is 5.69 Å². The van der Waals surface area contributed by atoms with Crippen molar-refractivity contribution < 1.29 is 23.1 Å². The number of hydrogen-bond acceptors (Lipinski definition) is 3. The molecule has 0 aromatic heterocycles. The molecule has 5 nitrogen and oxygen atoms in total. The van der Waals surface area contributed by atoms with Crippen molar-refractivity contribution in [3.63, 3.8) is 0 Å². The van der Waals surface area contributed by atoms with Crippen molar-refractivity contribution >= 4 is 17.5 Å². The Balaban J connectivity index is 1.87. The van der Waals surface area contributed by atoms with Crippen LogP contribution >= 0.6 is 0 Å². The van der Waals surface area contributed by atoms with Crippen LogP contribution in [-0.2, 0) is 11.2 Å². The van der Waals surface area contributed by atoms with Crippen LogP contribution in [0.15, 0.2) is 48.5 Å². The predicted molar refractivity (Wildman–Crippen MR) is 89.9 cm³/mol. The van der Waals surface area contributed by atoms with E-state index in [1.165, 1.54) is 24.3 Å². The SMILES string of the molecule is CCc1ccccc1NC(=O)CNC(=O)c1ccc(OC(F)F)cc1. The van der Waals surface area contributed by atoms with Crippen LogP contribution in [0, 0.1) is 0 Å². The topological polar surface area (TPSA) is 67.4 Å². The van der Waals surface area contributed by atoms with E-state index in [1.807, 2.05) is 25.1 Å². The molecule has 2 rings (SSSR count). The van der Waals surface area contributed by atoms with Gasteiger partial charge < -0.3 is 15.4 Å². The molecule has 2 amide bonds. The Morgan fingerprint density at radius 2 is 1.76 bits per heavy atom. The molecular weight excluding hydrogens is 330 g/mol. The van der Waals surface area contributed by atoms with Gasteiger partial charge in [0.05, 0.1) is 6.54 Å². The molecule has 7 heteroatoms. The van der Waals surface area contributed by atoms with E-state index >= 15 is 0 Å². The van der Waals surface area contributed by atoms with Gasteiger partial charge in [-0.15, -0.1) is 0 Å². The maximum Gasteiger partial charge on any atom is 0.387 e. The molecule has 2 N–H and O–H groups in total. The van der Waals surface area contributed by atoms with Gasteiger partial charge in [0, 0.05) is 11.3 Å². The van der Waals surface area contributed by atoms with Gasteiger partial charge in [-0.25, -0.2) is 0 Å². The number of amides is 2. The summed E-state index contributed by atoms with van der Waals surface area (Å²) in [7, 11) is 0. The van der Waals surface area contributed by atoms with Crippen LogP contribution in [-0.4, -0.2) is 25.0 Å². The second-order valence-electron chi connectivity index (χ2n) is 5.14. The lowest BCUT2D eigenvalue weighted by molar-refractivity contribution is -0.115. The summed E-state index contributed by atoms with van der Waals surface area (Å²) in [5.41, 5.74) is 1.94. The number of aryl methyl sites for hydroxylation is 1. The van der Waals surface area contributed by atoms with Crippen LogP contribution in [0.4, 0.5) is 14.5 Å². The van der Waals surface area contributed by atoms with E-state index in [1.54, 1.807) is 6.07 Å². The number of nitrogens with one attached hydrogen (secondary N) is 2. The third kappa shape index (κ3) is 5.56. The highest BCUT2D eigenvalue weighted by Gasteiger charge is 2.10. The summed E-state index contributed by atoms with van der Waals surface area (Å²) in [6.07, 6.45) is 0.774. The summed E-state index contributed by atoms with van der Waals surface area (Å²) in [5.74, 6) is -0.880. The van der Waals surface area contributed by atoms with Crippen molar-refractivity contribution in [2.75, 3.05) is 11.9 Å². The zero-order valence-corrected chi connectivity index (χ0v) is 13.6. The lowest BCUT2D eigenvalue weighted by Crippen LogP contribution is -2.33. The largest absolute Gasteiger partial charge is 0.435 e. The van der Waals surface area contributed by atoms with Crippen LogP contribution in [0.3, 0.4) is 0 Å². The summed E-state index contributed by atoms with van der Waals surface area (Å²) < 4.78 is 28.4. The Labute approximate surface area is 144 Å². The summed E-state index contributed by atoms with van der Waals surface area (Å²) >= 11 is 0. The fourth-order valence-electron chi connectivity index (χ4n) is 2.20. The molecule has 0 atom stereocenters. The smallest absolute Gasteiger partial charge is 0.387 e. The Hall–Kier alpha value is -2.96. The van der Waals surface area contributed by atoms with E-state index in [-0.39, 0.29) is 23.8 Å². The number of ether oxygens (including phenoxy) is 1. The Morgan fingerprint density at radius 3 is 2.40 bits per heavy atom. The van der Waals surface area contributed by atoms with Crippen LogP contribution in [0.2, 0.25) is 0 Å². The molecule has 0 saturated heterocycles. The zero-order valence-electron chi connectivity index (χ0n) is 13.6. The van der Waals surface area contributed by atoms with Gasteiger partial charge in [-0.1, -0.05) is 25.1 Å². The summed E-state index contributed by atoms with van der Waals surface area (Å²) in [5, 5.41) is 5.22. The lowest BCUT2D eigenvalue weighted by atomic mass is 10.1. The number of alkyl halides is 2. The first-order valence-corrected chi connectivity index (χ1v) is 7.70. The molecule has 0 saturated carbocycles. The second kappa shape index (κ2) is 8.77. The van der Waals surface area contributed by atoms with Crippen LogP contribution < -0.4 is 15.4 Å². The number of halogens is 2. The highest BCUT2D eigenvalue weighted by atomic mass is 19.3. The molecule has 0 spiro atoms. The number of anilines is 1. The van der Waals surface area contributed by atoms with Crippen LogP contribution in [0.25, 0.3) is 0 Å². The summed E-state index contributed by atoms with van der Waals surface area (Å²) in [4.78, 5) is 23.9. The summed E-state index contributed by atoms with van der Waals surface area (Å²) in [6, 6.07) is 12.6. The molecule has 0 unspecified atom stereocenters. The van der Waals surface area contributed by atoms with Gasteiger partial charge >= 0.3 is 6.61 Å². The predicted octanol–water partition coefficient (Wildman–Crippen LogP) is 3.22. The number of para-hydroxylation sites is 1. The first-order valence-electron chi connectivity index (χ1n) is 7.70. The van der Waals surface area contributed by atoms with E-state index in [2.05, 4.69) is 15.4 Å². The third-order valence-electron chi connectivity index (χ3n) is 3.42. The van der Waals surface area contributed by atoms with E-state index in [9.17, 15) is 18.4 Å². The fourth-order valence-corrected chi connectivity index (χ4v) is 2.20. The maximum absolute atomic E-state index is 12.1. The van der Waals surface area contributed by atoms with E-state index in [0.717, 1.165) is 12.0 Å². The van der Waals surface area contributed by atoms with Crippen molar-refractivity contribution in [1.82, 2.24) is 5.32 Å². The van der Waals surface area contributed by atoms with Crippen molar-refractivity contribution in [1.29, 1.82) is 0 Å². The quantitative estimate of drug-likeness (QED) is 0.807. The maximum atomic E-state index is 12.1. The normalized spacial score (nSPS) is 10.4. The fraction of sp³-hybridized carbons (Fsp3) is 0.222.